The van der Waals surface area contributed by atoms with E-state index in [1.165, 1.54) is 0 Å². The van der Waals surface area contributed by atoms with Crippen LogP contribution >= 0.6 is 0 Å². The summed E-state index contributed by atoms with van der Waals surface area (Å²) in [4.78, 5) is 25.9. The van der Waals surface area contributed by atoms with Crippen LogP contribution in [0.3, 0.4) is 0 Å². The minimum Gasteiger partial charge on any atom is -0.493 e. The molecule has 3 rings (SSSR count). The lowest BCUT2D eigenvalue weighted by Gasteiger charge is -2.29. The zero-order chi connectivity index (χ0) is 14.7. The Morgan fingerprint density at radius 2 is 2.00 bits per heavy atom. The van der Waals surface area contributed by atoms with E-state index < -0.39 is 11.8 Å². The second-order valence-electron chi connectivity index (χ2n) is 5.24. The lowest BCUT2D eigenvalue weighted by molar-refractivity contribution is -0.146. The minimum absolute atomic E-state index is 0.158. The van der Waals surface area contributed by atoms with Gasteiger partial charge in [-0.05, 0) is 6.07 Å². The summed E-state index contributed by atoms with van der Waals surface area (Å²) in [6.07, 6.45) is 0.678. The zero-order valence-corrected chi connectivity index (χ0v) is 11.8. The highest BCUT2D eigenvalue weighted by atomic mass is 16.5. The van der Waals surface area contributed by atoms with Crippen LogP contribution in [-0.2, 0) is 9.59 Å². The fraction of sp³-hybridized carbons (Fsp3) is 0.467. The van der Waals surface area contributed by atoms with Crippen molar-refractivity contribution in [3.8, 4) is 5.75 Å². The molecule has 21 heavy (non-hydrogen) atoms. The summed E-state index contributed by atoms with van der Waals surface area (Å²) in [6, 6.07) is 7.45. The number of carbonyl (C=O) groups excluding carboxylic acids is 2. The van der Waals surface area contributed by atoms with Gasteiger partial charge >= 0.3 is 11.8 Å². The second kappa shape index (κ2) is 6.13. The molecule has 1 aromatic carbocycles. The van der Waals surface area contributed by atoms with Crippen molar-refractivity contribution in [3.05, 3.63) is 29.8 Å². The Bertz CT molecular complexity index is 541. The number of carbonyl (C=O) groups is 2. The molecule has 1 fully saturated rings. The molecule has 2 aliphatic rings. The molecule has 2 heterocycles. The van der Waals surface area contributed by atoms with Crippen LogP contribution in [0.2, 0.25) is 0 Å². The Morgan fingerprint density at radius 3 is 2.81 bits per heavy atom. The molecule has 1 atom stereocenters. The van der Waals surface area contributed by atoms with Crippen molar-refractivity contribution in [2.45, 2.75) is 12.5 Å². The van der Waals surface area contributed by atoms with Crippen LogP contribution < -0.4 is 15.4 Å². The van der Waals surface area contributed by atoms with E-state index in [0.717, 1.165) is 24.4 Å². The van der Waals surface area contributed by atoms with Crippen molar-refractivity contribution in [1.29, 1.82) is 0 Å². The highest BCUT2D eigenvalue weighted by molar-refractivity contribution is 6.35. The number of benzene rings is 1. The number of rotatable bonds is 1. The minimum atomic E-state index is -0.529. The van der Waals surface area contributed by atoms with Crippen molar-refractivity contribution in [1.82, 2.24) is 15.5 Å². The SMILES string of the molecule is O=C(NC1CCOc2ccccc21)C(=O)N1CCNCC1. The molecule has 6 nitrogen and oxygen atoms in total. The number of piperazine rings is 1. The summed E-state index contributed by atoms with van der Waals surface area (Å²) in [5.41, 5.74) is 0.935. The molecule has 0 radical (unpaired) electrons. The molecule has 0 aliphatic carbocycles. The topological polar surface area (TPSA) is 70.7 Å². The molecule has 6 heteroatoms. The predicted octanol–water partition coefficient (Wildman–Crippen LogP) is 0.0582. The quantitative estimate of drug-likeness (QED) is 0.717. The number of nitrogens with one attached hydrogen (secondary N) is 2. The third-order valence-corrected chi connectivity index (χ3v) is 3.86. The molecule has 2 N–H and O–H groups in total. The Morgan fingerprint density at radius 1 is 1.24 bits per heavy atom. The van der Waals surface area contributed by atoms with Crippen LogP contribution in [0.25, 0.3) is 0 Å². The average molecular weight is 289 g/mol. The van der Waals surface area contributed by atoms with Crippen LogP contribution in [0, 0.1) is 0 Å². The average Bonchev–Trinajstić information content (AvgIpc) is 2.55. The van der Waals surface area contributed by atoms with E-state index in [-0.39, 0.29) is 6.04 Å². The molecular weight excluding hydrogens is 270 g/mol. The van der Waals surface area contributed by atoms with Crippen LogP contribution in [0.5, 0.6) is 5.75 Å². The maximum absolute atomic E-state index is 12.2. The van der Waals surface area contributed by atoms with E-state index in [9.17, 15) is 9.59 Å². The van der Waals surface area contributed by atoms with E-state index in [1.54, 1.807) is 4.90 Å². The summed E-state index contributed by atoms with van der Waals surface area (Å²) in [5, 5.41) is 6.00. The van der Waals surface area contributed by atoms with Gasteiger partial charge in [0.05, 0.1) is 12.6 Å². The van der Waals surface area contributed by atoms with Gasteiger partial charge in [0.2, 0.25) is 0 Å². The number of fused-ring (bicyclic) bond motifs is 1. The van der Waals surface area contributed by atoms with E-state index in [4.69, 9.17) is 4.74 Å². The standard InChI is InChI=1S/C15H19N3O3/c19-14(15(20)18-8-6-16-7-9-18)17-12-5-10-21-13-4-2-1-3-11(12)13/h1-4,12,16H,5-10H2,(H,17,19). The van der Waals surface area contributed by atoms with Crippen molar-refractivity contribution in [2.24, 2.45) is 0 Å². The first kappa shape index (κ1) is 13.9. The number of hydrogen-bond donors (Lipinski definition) is 2. The monoisotopic (exact) mass is 289 g/mol. The van der Waals surface area contributed by atoms with Gasteiger partial charge in [0.25, 0.3) is 0 Å². The first-order valence-corrected chi connectivity index (χ1v) is 7.28. The molecule has 1 unspecified atom stereocenters. The summed E-state index contributed by atoms with van der Waals surface area (Å²) >= 11 is 0. The third kappa shape index (κ3) is 3.00. The van der Waals surface area contributed by atoms with Crippen LogP contribution in [-0.4, -0.2) is 49.5 Å². The zero-order valence-electron chi connectivity index (χ0n) is 11.8. The Balaban J connectivity index is 1.66. The molecule has 112 valence electrons. The second-order valence-corrected chi connectivity index (χ2v) is 5.24. The van der Waals surface area contributed by atoms with Crippen molar-refractivity contribution in [3.63, 3.8) is 0 Å². The highest BCUT2D eigenvalue weighted by Gasteiger charge is 2.28. The van der Waals surface area contributed by atoms with Crippen molar-refractivity contribution in [2.75, 3.05) is 32.8 Å². The largest absolute Gasteiger partial charge is 0.493 e. The molecular formula is C15H19N3O3. The van der Waals surface area contributed by atoms with Gasteiger partial charge in [-0.1, -0.05) is 18.2 Å². The summed E-state index contributed by atoms with van der Waals surface area (Å²) in [7, 11) is 0. The lowest BCUT2D eigenvalue weighted by Crippen LogP contribution is -2.51. The number of hydrogen-bond acceptors (Lipinski definition) is 4. The van der Waals surface area contributed by atoms with E-state index >= 15 is 0 Å². The van der Waals surface area contributed by atoms with Crippen LogP contribution in [0.15, 0.2) is 24.3 Å². The Labute approximate surface area is 123 Å². The van der Waals surface area contributed by atoms with Gasteiger partial charge in [0.1, 0.15) is 5.75 Å². The first-order valence-electron chi connectivity index (χ1n) is 7.28. The van der Waals surface area contributed by atoms with Gasteiger partial charge in [-0.2, -0.15) is 0 Å². The van der Waals surface area contributed by atoms with Gasteiger partial charge < -0.3 is 20.3 Å². The maximum Gasteiger partial charge on any atom is 0.311 e. The number of nitrogens with zero attached hydrogens (tertiary/aromatic N) is 1. The smallest absolute Gasteiger partial charge is 0.311 e. The summed E-state index contributed by atoms with van der Waals surface area (Å²) < 4.78 is 5.56. The number of amides is 2. The fourth-order valence-corrected chi connectivity index (χ4v) is 2.72. The van der Waals surface area contributed by atoms with Crippen molar-refractivity contribution < 1.29 is 14.3 Å². The molecule has 1 saturated heterocycles. The van der Waals surface area contributed by atoms with Gasteiger partial charge in [0.15, 0.2) is 0 Å². The molecule has 0 bridgehead atoms. The Kier molecular flexibility index (Phi) is 4.06. The van der Waals surface area contributed by atoms with E-state index in [0.29, 0.717) is 26.1 Å². The highest BCUT2D eigenvalue weighted by Crippen LogP contribution is 2.31. The third-order valence-electron chi connectivity index (χ3n) is 3.86. The van der Waals surface area contributed by atoms with Crippen molar-refractivity contribution >= 4 is 11.8 Å². The summed E-state index contributed by atoms with van der Waals surface area (Å²) in [6.45, 7) is 3.18. The Hall–Kier alpha value is -2.08. The lowest BCUT2D eigenvalue weighted by atomic mass is 10.0. The van der Waals surface area contributed by atoms with Gasteiger partial charge in [-0.3, -0.25) is 9.59 Å². The fourth-order valence-electron chi connectivity index (χ4n) is 2.72. The van der Waals surface area contributed by atoms with Crippen LogP contribution in [0.1, 0.15) is 18.0 Å². The maximum atomic E-state index is 12.2. The molecule has 1 aromatic rings. The molecule has 2 amide bonds. The number of para-hydroxylation sites is 1. The van der Waals surface area contributed by atoms with Gasteiger partial charge in [0, 0.05) is 38.2 Å². The van der Waals surface area contributed by atoms with Crippen LogP contribution in [0.4, 0.5) is 0 Å². The first-order chi connectivity index (χ1) is 10.3. The van der Waals surface area contributed by atoms with E-state index in [1.807, 2.05) is 24.3 Å². The van der Waals surface area contributed by atoms with Gasteiger partial charge in [-0.15, -0.1) is 0 Å². The normalized spacial score (nSPS) is 21.1. The molecule has 0 aromatic heterocycles. The van der Waals surface area contributed by atoms with E-state index in [2.05, 4.69) is 10.6 Å². The molecule has 0 saturated carbocycles. The number of ether oxygens (including phenoxy) is 1. The molecule has 0 spiro atoms. The summed E-state index contributed by atoms with van der Waals surface area (Å²) in [5.74, 6) is -0.192. The predicted molar refractivity (Wildman–Crippen MR) is 76.9 cm³/mol. The van der Waals surface area contributed by atoms with Gasteiger partial charge in [-0.25, -0.2) is 0 Å². The molecule has 2 aliphatic heterocycles.